The first-order valence-electron chi connectivity index (χ1n) is 6.81. The summed E-state index contributed by atoms with van der Waals surface area (Å²) in [5.41, 5.74) is 0. The molecule has 3 N–H and O–H groups in total. The van der Waals surface area contributed by atoms with Gasteiger partial charge in [-0.15, -0.1) is 0 Å². The molecule has 18 heavy (non-hydrogen) atoms. The highest BCUT2D eigenvalue weighted by molar-refractivity contribution is 5.20. The number of unbranched alkanes of at least 4 members (excludes halogenated alkanes) is 7. The smallest absolute Gasteiger partial charge is 0.192 e. The van der Waals surface area contributed by atoms with E-state index < -0.39 is 5.76 Å². The predicted molar refractivity (Wildman–Crippen MR) is 75.8 cm³/mol. The third-order valence-electron chi connectivity index (χ3n) is 2.75. The van der Waals surface area contributed by atoms with Crippen LogP contribution in [0.25, 0.3) is 0 Å². The summed E-state index contributed by atoms with van der Waals surface area (Å²) < 4.78 is 0. The van der Waals surface area contributed by atoms with Crippen LogP contribution in [0.1, 0.15) is 58.3 Å². The Labute approximate surface area is 110 Å². The Hall–Kier alpha value is -1.38. The zero-order valence-electron chi connectivity index (χ0n) is 11.3. The summed E-state index contributed by atoms with van der Waals surface area (Å²) in [4.78, 5) is 0. The first-order chi connectivity index (χ1) is 8.72. The zero-order chi connectivity index (χ0) is 13.6. The number of aliphatic hydroxyl groups is 3. The van der Waals surface area contributed by atoms with Gasteiger partial charge >= 0.3 is 0 Å². The average Bonchev–Trinajstić information content (AvgIpc) is 2.39. The number of allylic oxidation sites excluding steroid dienone is 3. The summed E-state index contributed by atoms with van der Waals surface area (Å²) in [6.07, 6.45) is 15.4. The first kappa shape index (κ1) is 16.6. The van der Waals surface area contributed by atoms with Crippen molar-refractivity contribution >= 4 is 0 Å². The van der Waals surface area contributed by atoms with E-state index >= 15 is 0 Å². The Morgan fingerprint density at radius 2 is 1.50 bits per heavy atom. The summed E-state index contributed by atoms with van der Waals surface area (Å²) in [6.45, 7) is 2.22. The molecule has 0 spiro atoms. The van der Waals surface area contributed by atoms with Crippen molar-refractivity contribution < 1.29 is 15.3 Å². The van der Waals surface area contributed by atoms with Gasteiger partial charge in [0, 0.05) is 0 Å². The molecule has 3 heteroatoms. The highest BCUT2D eigenvalue weighted by atomic mass is 16.3. The van der Waals surface area contributed by atoms with E-state index in [2.05, 4.69) is 6.92 Å². The van der Waals surface area contributed by atoms with Crippen LogP contribution >= 0.6 is 0 Å². The van der Waals surface area contributed by atoms with E-state index in [4.69, 9.17) is 10.2 Å². The topological polar surface area (TPSA) is 60.7 Å². The molecule has 0 radical (unpaired) electrons. The van der Waals surface area contributed by atoms with E-state index in [1.807, 2.05) is 6.08 Å². The molecule has 104 valence electrons. The molecule has 0 aromatic heterocycles. The minimum absolute atomic E-state index is 0.326. The number of hydrogen-bond donors (Lipinski definition) is 3. The quantitative estimate of drug-likeness (QED) is 0.289. The zero-order valence-corrected chi connectivity index (χ0v) is 11.3. The molecule has 0 heterocycles. The molecule has 0 aliphatic heterocycles. The van der Waals surface area contributed by atoms with E-state index in [0.717, 1.165) is 12.8 Å². The number of aliphatic hydroxyl groups excluding tert-OH is 3. The maximum absolute atomic E-state index is 9.17. The normalized spacial score (nSPS) is 13.4. The Bertz CT molecular complexity index is 277. The van der Waals surface area contributed by atoms with Crippen LogP contribution in [0.5, 0.6) is 0 Å². The van der Waals surface area contributed by atoms with E-state index in [1.165, 1.54) is 44.6 Å². The third kappa shape index (κ3) is 9.82. The number of rotatable bonds is 10. The van der Waals surface area contributed by atoms with Crippen LogP contribution in [0.3, 0.4) is 0 Å². The fourth-order valence-electron chi connectivity index (χ4n) is 1.63. The van der Waals surface area contributed by atoms with Gasteiger partial charge in [0.15, 0.2) is 11.5 Å². The molecule has 0 bridgehead atoms. The third-order valence-corrected chi connectivity index (χ3v) is 2.75. The molecule has 0 fully saturated rings. The van der Waals surface area contributed by atoms with Crippen molar-refractivity contribution in [2.24, 2.45) is 0 Å². The van der Waals surface area contributed by atoms with Crippen molar-refractivity contribution in [3.8, 4) is 0 Å². The number of hydrogen-bond acceptors (Lipinski definition) is 3. The lowest BCUT2D eigenvalue weighted by molar-refractivity contribution is 0.304. The molecule has 0 aromatic rings. The molecule has 0 aliphatic carbocycles. The van der Waals surface area contributed by atoms with Gasteiger partial charge in [0.25, 0.3) is 0 Å². The lowest BCUT2D eigenvalue weighted by Crippen LogP contribution is -1.85. The predicted octanol–water partition coefficient (Wildman–Crippen LogP) is 5.08. The average molecular weight is 254 g/mol. The van der Waals surface area contributed by atoms with Crippen LogP contribution in [-0.4, -0.2) is 15.3 Å². The molecule has 0 amide bonds. The van der Waals surface area contributed by atoms with Crippen LogP contribution in [0.4, 0.5) is 0 Å². The maximum atomic E-state index is 9.17. The lowest BCUT2D eigenvalue weighted by atomic mass is 10.1. The summed E-state index contributed by atoms with van der Waals surface area (Å²) in [6, 6.07) is 0. The highest BCUT2D eigenvalue weighted by Crippen LogP contribution is 2.09. The van der Waals surface area contributed by atoms with Gasteiger partial charge in [0.2, 0.25) is 0 Å². The Morgan fingerprint density at radius 1 is 0.889 bits per heavy atom. The van der Waals surface area contributed by atoms with Gasteiger partial charge in [0.1, 0.15) is 6.26 Å². The van der Waals surface area contributed by atoms with Crippen LogP contribution in [0.2, 0.25) is 0 Å². The minimum atomic E-state index is -0.518. The van der Waals surface area contributed by atoms with Crippen molar-refractivity contribution in [3.63, 3.8) is 0 Å². The van der Waals surface area contributed by atoms with Crippen LogP contribution < -0.4 is 0 Å². The minimum Gasteiger partial charge on any atom is -0.512 e. The summed E-state index contributed by atoms with van der Waals surface area (Å²) in [5.74, 6) is -0.844. The standard InChI is InChI=1S/C15H26O3/c1-2-3-4-5-6-7-8-9-10-11-12-14(17)15(18)13-16/h10-13,16-18H,2-9H2,1H3. The van der Waals surface area contributed by atoms with Gasteiger partial charge in [-0.1, -0.05) is 57.6 Å². The SMILES string of the molecule is CCCCCCCCCC=CC=C(O)C(O)=CO. The van der Waals surface area contributed by atoms with Crippen LogP contribution in [-0.2, 0) is 0 Å². The molecule has 0 saturated heterocycles. The summed E-state index contributed by atoms with van der Waals surface area (Å²) in [7, 11) is 0. The van der Waals surface area contributed by atoms with Gasteiger partial charge < -0.3 is 15.3 Å². The van der Waals surface area contributed by atoms with Crippen molar-refractivity contribution in [1.29, 1.82) is 0 Å². The van der Waals surface area contributed by atoms with E-state index in [-0.39, 0.29) is 5.76 Å². The van der Waals surface area contributed by atoms with Gasteiger partial charge in [-0.2, -0.15) is 0 Å². The molecular weight excluding hydrogens is 228 g/mol. The highest BCUT2D eigenvalue weighted by Gasteiger charge is 1.96. The fraction of sp³-hybridized carbons (Fsp3) is 0.600. The second kappa shape index (κ2) is 12.1. The van der Waals surface area contributed by atoms with Gasteiger partial charge in [-0.05, 0) is 18.9 Å². The van der Waals surface area contributed by atoms with Gasteiger partial charge in [0.05, 0.1) is 0 Å². The molecule has 0 atom stereocenters. The first-order valence-corrected chi connectivity index (χ1v) is 6.81. The molecule has 0 saturated carbocycles. The van der Waals surface area contributed by atoms with E-state index in [9.17, 15) is 5.11 Å². The monoisotopic (exact) mass is 254 g/mol. The second-order valence-electron chi connectivity index (χ2n) is 4.40. The molecular formula is C15H26O3. The molecule has 0 unspecified atom stereocenters. The van der Waals surface area contributed by atoms with Crippen molar-refractivity contribution in [2.75, 3.05) is 0 Å². The maximum Gasteiger partial charge on any atom is 0.192 e. The fourth-order valence-corrected chi connectivity index (χ4v) is 1.63. The van der Waals surface area contributed by atoms with Gasteiger partial charge in [-0.25, -0.2) is 0 Å². The lowest BCUT2D eigenvalue weighted by Gasteiger charge is -1.98. The Balaban J connectivity index is 3.49. The largest absolute Gasteiger partial charge is 0.512 e. The van der Waals surface area contributed by atoms with Crippen LogP contribution in [0.15, 0.2) is 36.0 Å². The Kier molecular flexibility index (Phi) is 11.2. The van der Waals surface area contributed by atoms with Crippen LogP contribution in [0, 0.1) is 0 Å². The van der Waals surface area contributed by atoms with Crippen molar-refractivity contribution in [3.05, 3.63) is 36.0 Å². The van der Waals surface area contributed by atoms with E-state index in [1.54, 1.807) is 6.08 Å². The Morgan fingerprint density at radius 3 is 2.11 bits per heavy atom. The van der Waals surface area contributed by atoms with Crippen molar-refractivity contribution in [1.82, 2.24) is 0 Å². The van der Waals surface area contributed by atoms with Gasteiger partial charge in [-0.3, -0.25) is 0 Å². The van der Waals surface area contributed by atoms with E-state index in [0.29, 0.717) is 6.26 Å². The molecule has 3 nitrogen and oxygen atoms in total. The second-order valence-corrected chi connectivity index (χ2v) is 4.40. The summed E-state index contributed by atoms with van der Waals surface area (Å²) >= 11 is 0. The summed E-state index contributed by atoms with van der Waals surface area (Å²) in [5, 5.41) is 26.5. The molecule has 0 rings (SSSR count). The molecule has 0 aromatic carbocycles. The molecule has 0 aliphatic rings. The van der Waals surface area contributed by atoms with Crippen molar-refractivity contribution in [2.45, 2.75) is 58.3 Å².